The summed E-state index contributed by atoms with van der Waals surface area (Å²) in [6.45, 7) is 6.00. The largest absolute Gasteiger partial charge is 0.368 e. The van der Waals surface area contributed by atoms with Gasteiger partial charge in [0.1, 0.15) is 6.10 Å². The van der Waals surface area contributed by atoms with Crippen LogP contribution >= 0.6 is 0 Å². The number of benzene rings is 1. The molecule has 0 radical (unpaired) electrons. The first kappa shape index (κ1) is 20.9. The summed E-state index contributed by atoms with van der Waals surface area (Å²) >= 11 is 0. The third kappa shape index (κ3) is 4.72. The molecule has 2 aromatic heterocycles. The van der Waals surface area contributed by atoms with Gasteiger partial charge in [-0.25, -0.2) is 4.98 Å². The summed E-state index contributed by atoms with van der Waals surface area (Å²) in [6, 6.07) is 12.8. The standard InChI is InChI=1S/C24H26N4O3/c1-16(2)14-26-23(29)19-13-21(27-20-6-4-3-5-18(19)20)22-15-28(11-12-31-22)24(30)17-7-9-25-10-8-17/h3-10,13,16,22H,11-12,14-15H2,1-2H3,(H,26,29). The number of carbonyl (C=O) groups is 2. The lowest BCUT2D eigenvalue weighted by molar-refractivity contribution is -0.0246. The fourth-order valence-corrected chi connectivity index (χ4v) is 3.63. The molecule has 3 heterocycles. The number of carbonyl (C=O) groups excluding carboxylic acids is 2. The lowest BCUT2D eigenvalue weighted by atomic mass is 10.0. The summed E-state index contributed by atoms with van der Waals surface area (Å²) in [5.41, 5.74) is 2.55. The smallest absolute Gasteiger partial charge is 0.254 e. The van der Waals surface area contributed by atoms with E-state index >= 15 is 0 Å². The van der Waals surface area contributed by atoms with E-state index in [0.29, 0.717) is 49.0 Å². The van der Waals surface area contributed by atoms with E-state index in [-0.39, 0.29) is 11.8 Å². The van der Waals surface area contributed by atoms with Crippen LogP contribution in [0.5, 0.6) is 0 Å². The van der Waals surface area contributed by atoms with E-state index in [1.54, 1.807) is 35.5 Å². The lowest BCUT2D eigenvalue weighted by Gasteiger charge is -2.33. The molecule has 1 unspecified atom stereocenters. The number of nitrogens with one attached hydrogen (secondary N) is 1. The maximum Gasteiger partial charge on any atom is 0.254 e. The topological polar surface area (TPSA) is 84.4 Å². The summed E-state index contributed by atoms with van der Waals surface area (Å²) in [4.78, 5) is 36.3. The highest BCUT2D eigenvalue weighted by Gasteiger charge is 2.28. The molecule has 4 rings (SSSR count). The molecular formula is C24H26N4O3. The van der Waals surface area contributed by atoms with Gasteiger partial charge in [-0.3, -0.25) is 14.6 Å². The van der Waals surface area contributed by atoms with E-state index in [1.807, 2.05) is 24.3 Å². The molecule has 0 spiro atoms. The van der Waals surface area contributed by atoms with Crippen molar-refractivity contribution in [1.29, 1.82) is 0 Å². The van der Waals surface area contributed by atoms with Gasteiger partial charge in [0.2, 0.25) is 0 Å². The van der Waals surface area contributed by atoms with Crippen molar-refractivity contribution < 1.29 is 14.3 Å². The number of para-hydroxylation sites is 1. The van der Waals surface area contributed by atoms with Gasteiger partial charge in [-0.1, -0.05) is 32.0 Å². The second-order valence-electron chi connectivity index (χ2n) is 8.06. The maximum absolute atomic E-state index is 12.9. The first-order valence-corrected chi connectivity index (χ1v) is 10.5. The second-order valence-corrected chi connectivity index (χ2v) is 8.06. The zero-order valence-electron chi connectivity index (χ0n) is 17.7. The number of aromatic nitrogens is 2. The second kappa shape index (κ2) is 9.22. The van der Waals surface area contributed by atoms with Gasteiger partial charge in [-0.05, 0) is 30.2 Å². The van der Waals surface area contributed by atoms with Crippen molar-refractivity contribution >= 4 is 22.7 Å². The van der Waals surface area contributed by atoms with Gasteiger partial charge in [-0.2, -0.15) is 0 Å². The predicted octanol–water partition coefficient (Wildman–Crippen LogP) is 3.23. The number of fused-ring (bicyclic) bond motifs is 1. The lowest BCUT2D eigenvalue weighted by Crippen LogP contribution is -2.42. The van der Waals surface area contributed by atoms with Crippen LogP contribution in [0.1, 0.15) is 46.4 Å². The minimum absolute atomic E-state index is 0.0635. The monoisotopic (exact) mass is 418 g/mol. The van der Waals surface area contributed by atoms with Gasteiger partial charge in [-0.15, -0.1) is 0 Å². The first-order valence-electron chi connectivity index (χ1n) is 10.5. The minimum Gasteiger partial charge on any atom is -0.368 e. The highest BCUT2D eigenvalue weighted by molar-refractivity contribution is 6.06. The number of morpholine rings is 1. The Morgan fingerprint density at radius 3 is 2.74 bits per heavy atom. The average Bonchev–Trinajstić information content (AvgIpc) is 2.82. The van der Waals surface area contributed by atoms with Gasteiger partial charge in [0.25, 0.3) is 11.8 Å². The third-order valence-electron chi connectivity index (χ3n) is 5.26. The molecule has 1 N–H and O–H groups in total. The summed E-state index contributed by atoms with van der Waals surface area (Å²) in [5.74, 6) is 0.159. The van der Waals surface area contributed by atoms with Crippen molar-refractivity contribution in [2.45, 2.75) is 20.0 Å². The van der Waals surface area contributed by atoms with Crippen molar-refractivity contribution in [3.8, 4) is 0 Å². The quantitative estimate of drug-likeness (QED) is 0.688. The van der Waals surface area contributed by atoms with E-state index in [0.717, 1.165) is 10.9 Å². The van der Waals surface area contributed by atoms with Crippen LogP contribution in [0.25, 0.3) is 10.9 Å². The van der Waals surface area contributed by atoms with Gasteiger partial charge < -0.3 is 15.0 Å². The molecule has 7 heteroatoms. The summed E-state index contributed by atoms with van der Waals surface area (Å²) < 4.78 is 5.96. The van der Waals surface area contributed by atoms with Crippen LogP contribution in [0, 0.1) is 5.92 Å². The molecule has 1 saturated heterocycles. The molecule has 7 nitrogen and oxygen atoms in total. The van der Waals surface area contributed by atoms with Crippen molar-refractivity contribution in [1.82, 2.24) is 20.2 Å². The van der Waals surface area contributed by atoms with Gasteiger partial charge >= 0.3 is 0 Å². The Kier molecular flexibility index (Phi) is 6.23. The summed E-state index contributed by atoms with van der Waals surface area (Å²) in [6.07, 6.45) is 2.82. The average molecular weight is 418 g/mol. The Morgan fingerprint density at radius 1 is 1.19 bits per heavy atom. The molecule has 31 heavy (non-hydrogen) atoms. The number of nitrogens with zero attached hydrogens (tertiary/aromatic N) is 3. The van der Waals surface area contributed by atoms with E-state index in [1.165, 1.54) is 0 Å². The Labute approximate surface area is 181 Å². The van der Waals surface area contributed by atoms with Crippen molar-refractivity contribution in [3.63, 3.8) is 0 Å². The molecule has 1 aliphatic heterocycles. The number of hydrogen-bond donors (Lipinski definition) is 1. The van der Waals surface area contributed by atoms with E-state index in [4.69, 9.17) is 9.72 Å². The van der Waals surface area contributed by atoms with Crippen molar-refractivity contribution in [2.75, 3.05) is 26.2 Å². The van der Waals surface area contributed by atoms with Gasteiger partial charge in [0, 0.05) is 36.4 Å². The van der Waals surface area contributed by atoms with E-state index < -0.39 is 6.10 Å². The van der Waals surface area contributed by atoms with E-state index in [2.05, 4.69) is 24.1 Å². The van der Waals surface area contributed by atoms with Crippen LogP contribution in [-0.4, -0.2) is 52.9 Å². The van der Waals surface area contributed by atoms with Crippen LogP contribution in [0.4, 0.5) is 0 Å². The Hall–Kier alpha value is -3.32. The van der Waals surface area contributed by atoms with E-state index in [9.17, 15) is 9.59 Å². The molecule has 1 atom stereocenters. The Morgan fingerprint density at radius 2 is 1.97 bits per heavy atom. The Balaban J connectivity index is 1.62. The third-order valence-corrected chi connectivity index (χ3v) is 5.26. The Bertz CT molecular complexity index is 1080. The minimum atomic E-state index is -0.402. The maximum atomic E-state index is 12.9. The zero-order valence-corrected chi connectivity index (χ0v) is 17.7. The zero-order chi connectivity index (χ0) is 21.8. The SMILES string of the molecule is CC(C)CNC(=O)c1cc(C2CN(C(=O)c3ccncc3)CCO2)nc2ccccc12. The van der Waals surface area contributed by atoms with Crippen LogP contribution in [-0.2, 0) is 4.74 Å². The summed E-state index contributed by atoms with van der Waals surface area (Å²) in [5, 5.41) is 3.79. The molecule has 2 amide bonds. The normalized spacial score (nSPS) is 16.5. The molecule has 3 aromatic rings. The van der Waals surface area contributed by atoms with Gasteiger partial charge in [0.05, 0.1) is 29.9 Å². The first-order chi connectivity index (χ1) is 15.0. The highest BCUT2D eigenvalue weighted by atomic mass is 16.5. The van der Waals surface area contributed by atoms with Gasteiger partial charge in [0.15, 0.2) is 0 Å². The molecule has 1 fully saturated rings. The molecule has 0 saturated carbocycles. The van der Waals surface area contributed by atoms with Crippen LogP contribution in [0.3, 0.4) is 0 Å². The molecule has 1 aliphatic rings. The predicted molar refractivity (Wildman–Crippen MR) is 118 cm³/mol. The van der Waals surface area contributed by atoms with Crippen LogP contribution in [0.15, 0.2) is 54.9 Å². The molecule has 0 bridgehead atoms. The molecule has 0 aliphatic carbocycles. The number of rotatable bonds is 5. The number of amides is 2. The van der Waals surface area contributed by atoms with Crippen molar-refractivity contribution in [2.24, 2.45) is 5.92 Å². The number of hydrogen-bond acceptors (Lipinski definition) is 5. The fourth-order valence-electron chi connectivity index (χ4n) is 3.63. The number of ether oxygens (including phenoxy) is 1. The fraction of sp³-hybridized carbons (Fsp3) is 0.333. The molecule has 160 valence electrons. The number of pyridine rings is 2. The van der Waals surface area contributed by atoms with Crippen molar-refractivity contribution in [3.05, 3.63) is 71.7 Å². The summed E-state index contributed by atoms with van der Waals surface area (Å²) in [7, 11) is 0. The molecular weight excluding hydrogens is 392 g/mol. The van der Waals surface area contributed by atoms with Crippen LogP contribution < -0.4 is 5.32 Å². The highest BCUT2D eigenvalue weighted by Crippen LogP contribution is 2.26. The molecule has 1 aromatic carbocycles. The van der Waals surface area contributed by atoms with Crippen LogP contribution in [0.2, 0.25) is 0 Å².